The van der Waals surface area contributed by atoms with Crippen LogP contribution in [0.4, 0.5) is 0 Å². The second kappa shape index (κ2) is 10.9. The van der Waals surface area contributed by atoms with E-state index in [0.29, 0.717) is 26.4 Å². The maximum atomic E-state index is 12.8. The summed E-state index contributed by atoms with van der Waals surface area (Å²) in [5.74, 6) is 0.263. The third kappa shape index (κ3) is 5.49. The molecule has 3 aromatic rings. The number of furan rings is 1. The van der Waals surface area contributed by atoms with Crippen molar-refractivity contribution in [2.24, 2.45) is 0 Å². The van der Waals surface area contributed by atoms with Gasteiger partial charge in [0.2, 0.25) is 14.9 Å². The predicted molar refractivity (Wildman–Crippen MR) is 126 cm³/mol. The quantitative estimate of drug-likeness (QED) is 0.498. The highest BCUT2D eigenvalue weighted by Gasteiger charge is 2.26. The summed E-state index contributed by atoms with van der Waals surface area (Å²) in [4.78, 5) is 15.2. The highest BCUT2D eigenvalue weighted by molar-refractivity contribution is 7.91. The van der Waals surface area contributed by atoms with Gasteiger partial charge >= 0.3 is 0 Å². The third-order valence-corrected chi connectivity index (χ3v) is 7.28. The van der Waals surface area contributed by atoms with Crippen molar-refractivity contribution < 1.29 is 27.1 Å². The minimum atomic E-state index is -3.83. The van der Waals surface area contributed by atoms with E-state index < -0.39 is 15.7 Å². The van der Waals surface area contributed by atoms with Crippen LogP contribution >= 0.6 is 0 Å². The first-order valence-electron chi connectivity index (χ1n) is 11.2. The topological polar surface area (TPSA) is 98.1 Å². The number of rotatable bonds is 9. The van der Waals surface area contributed by atoms with E-state index in [0.717, 1.165) is 24.4 Å². The molecule has 1 atom stereocenters. The maximum Gasteiger partial charge on any atom is 0.287 e. The molecule has 0 aliphatic carbocycles. The standard InChI is InChI=1S/C25H28N2O6S/c1-2-32-20-10-8-19(9-11-20)22(27-14-16-31-17-15-27)18-26-25(28)23-12-13-24(33-23)34(29,30)21-6-4-3-5-7-21/h3-13,22H,2,14-18H2,1H3,(H,26,28). The van der Waals surface area contributed by atoms with Crippen molar-refractivity contribution in [3.05, 3.63) is 78.1 Å². The van der Waals surface area contributed by atoms with Crippen LogP contribution in [0, 0.1) is 0 Å². The predicted octanol–water partition coefficient (Wildman–Crippen LogP) is 3.31. The number of nitrogens with zero attached hydrogens (tertiary/aromatic N) is 1. The second-order valence-electron chi connectivity index (χ2n) is 7.81. The molecule has 9 heteroatoms. The average molecular weight is 485 g/mol. The molecule has 1 saturated heterocycles. The molecule has 8 nitrogen and oxygen atoms in total. The number of morpholine rings is 1. The normalized spacial score (nSPS) is 15.6. The third-order valence-electron chi connectivity index (χ3n) is 5.64. The van der Waals surface area contributed by atoms with Crippen molar-refractivity contribution >= 4 is 15.7 Å². The summed E-state index contributed by atoms with van der Waals surface area (Å²) in [6.07, 6.45) is 0. The lowest BCUT2D eigenvalue weighted by Crippen LogP contribution is -2.43. The minimum absolute atomic E-state index is 0.0538. The summed E-state index contributed by atoms with van der Waals surface area (Å²) < 4.78 is 42.0. The lowest BCUT2D eigenvalue weighted by atomic mass is 10.0. The van der Waals surface area contributed by atoms with Crippen LogP contribution in [0.15, 0.2) is 81.1 Å². The lowest BCUT2D eigenvalue weighted by molar-refractivity contribution is 0.0161. The van der Waals surface area contributed by atoms with Crippen LogP contribution in [0.1, 0.15) is 29.1 Å². The van der Waals surface area contributed by atoms with E-state index in [1.807, 2.05) is 31.2 Å². The Kier molecular flexibility index (Phi) is 7.66. The molecule has 1 N–H and O–H groups in total. The van der Waals surface area contributed by atoms with E-state index in [-0.39, 0.29) is 21.8 Å². The Labute approximate surface area is 199 Å². The number of benzene rings is 2. The van der Waals surface area contributed by atoms with Gasteiger partial charge in [0.1, 0.15) is 5.75 Å². The van der Waals surface area contributed by atoms with Crippen LogP contribution in [-0.4, -0.2) is 58.7 Å². The lowest BCUT2D eigenvalue weighted by Gasteiger charge is -2.35. The monoisotopic (exact) mass is 484 g/mol. The molecule has 0 saturated carbocycles. The Morgan fingerprint density at radius 2 is 1.74 bits per heavy atom. The maximum absolute atomic E-state index is 12.8. The van der Waals surface area contributed by atoms with Gasteiger partial charge in [0.15, 0.2) is 5.76 Å². The zero-order valence-corrected chi connectivity index (χ0v) is 19.8. The summed E-state index contributed by atoms with van der Waals surface area (Å²) in [5, 5.41) is 2.63. The van der Waals surface area contributed by atoms with Crippen LogP contribution < -0.4 is 10.1 Å². The number of hydrogen-bond acceptors (Lipinski definition) is 7. The first kappa shape index (κ1) is 24.0. The first-order chi connectivity index (χ1) is 16.5. The van der Waals surface area contributed by atoms with Gasteiger partial charge in [-0.3, -0.25) is 9.69 Å². The molecular weight excluding hydrogens is 456 g/mol. The van der Waals surface area contributed by atoms with E-state index in [1.54, 1.807) is 18.2 Å². The second-order valence-corrected chi connectivity index (χ2v) is 9.69. The Morgan fingerprint density at radius 1 is 1.03 bits per heavy atom. The molecule has 2 aromatic carbocycles. The van der Waals surface area contributed by atoms with Crippen molar-refractivity contribution in [2.45, 2.75) is 23.0 Å². The number of hydrogen-bond donors (Lipinski definition) is 1. The highest BCUT2D eigenvalue weighted by Crippen LogP contribution is 2.25. The van der Waals surface area contributed by atoms with Crippen LogP contribution in [0.5, 0.6) is 5.75 Å². The summed E-state index contributed by atoms with van der Waals surface area (Å²) in [6, 6.07) is 18.4. The van der Waals surface area contributed by atoms with Gasteiger partial charge in [-0.2, -0.15) is 0 Å². The fourth-order valence-corrected chi connectivity index (χ4v) is 5.07. The fourth-order valence-electron chi connectivity index (χ4n) is 3.88. The van der Waals surface area contributed by atoms with Crippen LogP contribution in [-0.2, 0) is 14.6 Å². The number of nitrogens with one attached hydrogen (secondary N) is 1. The van der Waals surface area contributed by atoms with Crippen molar-refractivity contribution in [3.8, 4) is 5.75 Å². The van der Waals surface area contributed by atoms with Gasteiger partial charge in [-0.15, -0.1) is 0 Å². The molecule has 1 amide bonds. The van der Waals surface area contributed by atoms with Gasteiger partial charge in [0.05, 0.1) is 30.8 Å². The highest BCUT2D eigenvalue weighted by atomic mass is 32.2. The van der Waals surface area contributed by atoms with Gasteiger partial charge in [0.25, 0.3) is 5.91 Å². The molecule has 1 aliphatic rings. The zero-order valence-electron chi connectivity index (χ0n) is 19.0. The van der Waals surface area contributed by atoms with Crippen molar-refractivity contribution in [3.63, 3.8) is 0 Å². The van der Waals surface area contributed by atoms with Gasteiger partial charge in [0, 0.05) is 19.6 Å². The van der Waals surface area contributed by atoms with E-state index in [4.69, 9.17) is 13.9 Å². The number of ether oxygens (including phenoxy) is 2. The van der Waals surface area contributed by atoms with Crippen molar-refractivity contribution in [1.29, 1.82) is 0 Å². The molecule has 4 rings (SSSR count). The molecule has 34 heavy (non-hydrogen) atoms. The van der Waals surface area contributed by atoms with E-state index in [1.165, 1.54) is 24.3 Å². The Balaban J connectivity index is 1.47. The number of carbonyl (C=O) groups excluding carboxylic acids is 1. The SMILES string of the molecule is CCOc1ccc(C(CNC(=O)c2ccc(S(=O)(=O)c3ccccc3)o2)N2CCOCC2)cc1. The largest absolute Gasteiger partial charge is 0.494 e. The number of amides is 1. The van der Waals surface area contributed by atoms with Gasteiger partial charge in [-0.25, -0.2) is 8.42 Å². The molecule has 0 spiro atoms. The smallest absolute Gasteiger partial charge is 0.287 e. The Morgan fingerprint density at radius 3 is 2.41 bits per heavy atom. The van der Waals surface area contributed by atoms with Gasteiger partial charge in [-0.1, -0.05) is 30.3 Å². The van der Waals surface area contributed by atoms with Gasteiger partial charge < -0.3 is 19.2 Å². The minimum Gasteiger partial charge on any atom is -0.494 e. The van der Waals surface area contributed by atoms with E-state index in [9.17, 15) is 13.2 Å². The summed E-state index contributed by atoms with van der Waals surface area (Å²) >= 11 is 0. The fraction of sp³-hybridized carbons (Fsp3) is 0.320. The Hall–Kier alpha value is -3.14. The van der Waals surface area contributed by atoms with Crippen LogP contribution in [0.2, 0.25) is 0 Å². The molecule has 1 aliphatic heterocycles. The molecular formula is C25H28N2O6S. The molecule has 0 bridgehead atoms. The molecule has 1 unspecified atom stereocenters. The Bertz CT molecular complexity index is 1190. The number of carbonyl (C=O) groups is 1. The summed E-state index contributed by atoms with van der Waals surface area (Å²) in [6.45, 7) is 5.59. The molecule has 1 fully saturated rings. The zero-order chi connectivity index (χ0) is 24.0. The first-order valence-corrected chi connectivity index (χ1v) is 12.7. The van der Waals surface area contributed by atoms with Crippen molar-refractivity contribution in [2.75, 3.05) is 39.5 Å². The number of sulfone groups is 1. The molecule has 2 heterocycles. The molecule has 1 aromatic heterocycles. The van der Waals surface area contributed by atoms with E-state index >= 15 is 0 Å². The molecule has 180 valence electrons. The van der Waals surface area contributed by atoms with Crippen molar-refractivity contribution in [1.82, 2.24) is 10.2 Å². The summed E-state index contributed by atoms with van der Waals surface area (Å²) in [7, 11) is -3.83. The van der Waals surface area contributed by atoms with E-state index in [2.05, 4.69) is 10.2 Å². The molecule has 0 radical (unpaired) electrons. The van der Waals surface area contributed by atoms with Gasteiger partial charge in [-0.05, 0) is 48.9 Å². The van der Waals surface area contributed by atoms with Crippen LogP contribution in [0.25, 0.3) is 0 Å². The summed E-state index contributed by atoms with van der Waals surface area (Å²) in [5.41, 5.74) is 1.04. The van der Waals surface area contributed by atoms with Crippen LogP contribution in [0.3, 0.4) is 0 Å². The average Bonchev–Trinajstić information content (AvgIpc) is 3.38.